The minimum Gasteiger partial charge on any atom is -0.329 e. The molecule has 2 aliphatic rings. The maximum atomic E-state index is 11.7. The van der Waals surface area contributed by atoms with E-state index in [4.69, 9.17) is 4.79 Å². The van der Waals surface area contributed by atoms with Crippen LogP contribution >= 0.6 is 22.7 Å². The predicted octanol–water partition coefficient (Wildman–Crippen LogP) is 5.29. The Labute approximate surface area is 224 Å². The van der Waals surface area contributed by atoms with E-state index in [-0.39, 0.29) is 5.56 Å². The van der Waals surface area contributed by atoms with Crippen molar-refractivity contribution in [2.24, 2.45) is 0 Å². The van der Waals surface area contributed by atoms with Crippen molar-refractivity contribution in [1.82, 2.24) is 25.3 Å². The van der Waals surface area contributed by atoms with Gasteiger partial charge < -0.3 is 20.4 Å². The summed E-state index contributed by atoms with van der Waals surface area (Å²) >= 11 is 3.26. The summed E-state index contributed by atoms with van der Waals surface area (Å²) in [6, 6.07) is 8.78. The van der Waals surface area contributed by atoms with Gasteiger partial charge in [0, 0.05) is 35.4 Å². The van der Waals surface area contributed by atoms with Gasteiger partial charge in [0.15, 0.2) is 5.13 Å². The van der Waals surface area contributed by atoms with Gasteiger partial charge in [-0.05, 0) is 57.2 Å². The highest BCUT2D eigenvalue weighted by atomic mass is 32.1. The Hall–Kier alpha value is -3.47. The Morgan fingerprint density at radius 1 is 1.05 bits per heavy atom. The molecule has 0 amide bonds. The van der Waals surface area contributed by atoms with Gasteiger partial charge in [0.2, 0.25) is 0 Å². The van der Waals surface area contributed by atoms with Crippen LogP contribution < -0.4 is 16.2 Å². The van der Waals surface area contributed by atoms with Gasteiger partial charge in [-0.25, -0.2) is 15.0 Å². The monoisotopic (exact) mass is 534 g/mol. The van der Waals surface area contributed by atoms with Crippen molar-refractivity contribution >= 4 is 40.4 Å². The summed E-state index contributed by atoms with van der Waals surface area (Å²) in [5.74, 6) is 1.22. The number of hydrogen-bond donors (Lipinski definition) is 3. The molecule has 0 saturated carbocycles. The van der Waals surface area contributed by atoms with Gasteiger partial charge in [0.25, 0.3) is 5.56 Å². The normalized spacial score (nSPS) is 19.4. The fraction of sp³-hybridized carbons (Fsp3) is 0.296. The zero-order valence-corrected chi connectivity index (χ0v) is 22.7. The topological polar surface area (TPSA) is 113 Å². The molecule has 192 valence electrons. The lowest BCUT2D eigenvalue weighted by molar-refractivity contribution is -0.0979. The number of aromatic amines is 1. The molecule has 0 aromatic carbocycles. The van der Waals surface area contributed by atoms with Gasteiger partial charge in [-0.15, -0.1) is 22.7 Å². The first kappa shape index (κ1) is 26.6. The molecule has 2 bridgehead atoms. The number of aryl methyl sites for hydroxylation is 3. The van der Waals surface area contributed by atoms with Gasteiger partial charge in [0.1, 0.15) is 12.6 Å². The number of fused-ring (bicyclic) bond motifs is 2. The standard InChI is InChI=1S/C14H14N4S2.C12H14N2O.CH2O/c1-8-4-5-12(15-6-8)18-14-17-11(7-19-14)13-9(2)16-10(3)20-13;15-12-11(2-1-5-13-12)8-6-9-3-4-10(7-8)14-9;1-2/h4-7H,1-3H3,(H,15,17,18);1-5,8-10,14H,6-7H2,(H,13,15);1H2/t;8?,9-,10+;. The first-order valence-electron chi connectivity index (χ1n) is 11.9. The lowest BCUT2D eigenvalue weighted by Gasteiger charge is -2.28. The van der Waals surface area contributed by atoms with Crippen LogP contribution in [0.15, 0.2) is 59.0 Å². The first-order chi connectivity index (χ1) is 17.9. The lowest BCUT2D eigenvalue weighted by atomic mass is 9.86. The van der Waals surface area contributed by atoms with Crippen LogP contribution in [0.2, 0.25) is 0 Å². The highest BCUT2D eigenvalue weighted by Crippen LogP contribution is 2.33. The Kier molecular flexibility index (Phi) is 8.75. The quantitative estimate of drug-likeness (QED) is 0.305. The molecule has 3 N–H and O–H groups in total. The number of carbonyl (C=O) groups is 1. The Morgan fingerprint density at radius 2 is 1.81 bits per heavy atom. The second kappa shape index (κ2) is 12.2. The number of nitrogens with zero attached hydrogens (tertiary/aromatic N) is 3. The van der Waals surface area contributed by atoms with Gasteiger partial charge in [-0.1, -0.05) is 24.3 Å². The average Bonchev–Trinajstić information content (AvgIpc) is 3.60. The van der Waals surface area contributed by atoms with Crippen LogP contribution in [0.25, 0.3) is 10.6 Å². The van der Waals surface area contributed by atoms with E-state index in [0.717, 1.165) is 56.2 Å². The van der Waals surface area contributed by atoms with Crippen molar-refractivity contribution in [1.29, 1.82) is 0 Å². The molecule has 4 aromatic rings. The van der Waals surface area contributed by atoms with Gasteiger partial charge in [-0.2, -0.15) is 0 Å². The summed E-state index contributed by atoms with van der Waals surface area (Å²) in [6.45, 7) is 8.06. The third kappa shape index (κ3) is 6.65. The van der Waals surface area contributed by atoms with E-state index in [1.807, 2.05) is 58.0 Å². The van der Waals surface area contributed by atoms with Crippen molar-refractivity contribution in [2.75, 3.05) is 5.32 Å². The zero-order chi connectivity index (χ0) is 26.4. The molecule has 2 aliphatic heterocycles. The van der Waals surface area contributed by atoms with Crippen LogP contribution in [0.5, 0.6) is 0 Å². The number of nitrogens with one attached hydrogen (secondary N) is 3. The number of piperidine rings is 1. The van der Waals surface area contributed by atoms with E-state index in [1.165, 1.54) is 0 Å². The molecular weight excluding hydrogens is 504 g/mol. The molecule has 0 radical (unpaired) electrons. The number of anilines is 2. The summed E-state index contributed by atoms with van der Waals surface area (Å²) in [7, 11) is 0. The number of hydrogen-bond acceptors (Lipinski definition) is 9. The van der Waals surface area contributed by atoms with Crippen molar-refractivity contribution in [3.8, 4) is 10.6 Å². The number of aromatic nitrogens is 4. The molecule has 3 atom stereocenters. The minimum absolute atomic E-state index is 0.0730. The Morgan fingerprint density at radius 3 is 2.43 bits per heavy atom. The highest BCUT2D eigenvalue weighted by Gasteiger charge is 2.31. The molecule has 0 aliphatic carbocycles. The smallest absolute Gasteiger partial charge is 0.251 e. The largest absolute Gasteiger partial charge is 0.329 e. The second-order valence-electron chi connectivity index (χ2n) is 8.92. The van der Waals surface area contributed by atoms with E-state index in [9.17, 15) is 4.79 Å². The maximum Gasteiger partial charge on any atom is 0.251 e. The molecule has 0 spiro atoms. The van der Waals surface area contributed by atoms with Crippen LogP contribution in [-0.4, -0.2) is 38.8 Å². The molecule has 37 heavy (non-hydrogen) atoms. The minimum atomic E-state index is 0.0730. The van der Waals surface area contributed by atoms with Gasteiger partial charge >= 0.3 is 0 Å². The molecule has 8 nitrogen and oxygen atoms in total. The molecule has 1 fully saturated rings. The van der Waals surface area contributed by atoms with E-state index in [2.05, 4.69) is 48.1 Å². The van der Waals surface area contributed by atoms with Crippen molar-refractivity contribution in [3.05, 3.63) is 86.4 Å². The molecule has 1 saturated heterocycles. The number of H-pyrrole nitrogens is 1. The van der Waals surface area contributed by atoms with Gasteiger partial charge in [-0.3, -0.25) is 4.79 Å². The summed E-state index contributed by atoms with van der Waals surface area (Å²) < 4.78 is 0. The molecular formula is C27H30N6O2S2. The SMILES string of the molecule is C=O.Cc1ccc(Nc2nc(-c3sc(C)nc3C)cs2)nc1.O=c1[nH]cccc1C1C[C@H]2C=C[C@@H](C1)N2. The van der Waals surface area contributed by atoms with Crippen LogP contribution in [0.3, 0.4) is 0 Å². The number of carbonyl (C=O) groups excluding carboxylic acids is 1. The summed E-state index contributed by atoms with van der Waals surface area (Å²) in [6.07, 6.45) is 10.1. The maximum absolute atomic E-state index is 11.7. The lowest BCUT2D eigenvalue weighted by Crippen LogP contribution is -2.39. The molecule has 1 unspecified atom stereocenters. The summed E-state index contributed by atoms with van der Waals surface area (Å²) in [4.78, 5) is 36.9. The summed E-state index contributed by atoms with van der Waals surface area (Å²) in [5, 5.41) is 10.7. The predicted molar refractivity (Wildman–Crippen MR) is 151 cm³/mol. The average molecular weight is 535 g/mol. The van der Waals surface area contributed by atoms with Crippen LogP contribution in [-0.2, 0) is 4.79 Å². The Balaban J connectivity index is 0.000000168. The third-order valence-corrected chi connectivity index (χ3v) is 8.01. The number of rotatable bonds is 4. The molecule has 4 aromatic heterocycles. The van der Waals surface area contributed by atoms with Crippen molar-refractivity contribution in [3.63, 3.8) is 0 Å². The van der Waals surface area contributed by atoms with Crippen molar-refractivity contribution < 1.29 is 4.79 Å². The van der Waals surface area contributed by atoms with E-state index in [0.29, 0.717) is 18.0 Å². The van der Waals surface area contributed by atoms with Crippen LogP contribution in [0, 0.1) is 20.8 Å². The van der Waals surface area contributed by atoms with Crippen LogP contribution in [0.4, 0.5) is 10.9 Å². The second-order valence-corrected chi connectivity index (χ2v) is 11.0. The highest BCUT2D eigenvalue weighted by molar-refractivity contribution is 7.16. The fourth-order valence-corrected chi connectivity index (χ4v) is 6.19. The van der Waals surface area contributed by atoms with Crippen molar-refractivity contribution in [2.45, 2.75) is 51.6 Å². The number of pyridine rings is 2. The fourth-order valence-electron chi connectivity index (χ4n) is 4.52. The van der Waals surface area contributed by atoms with E-state index in [1.54, 1.807) is 28.9 Å². The number of thiazole rings is 2. The summed E-state index contributed by atoms with van der Waals surface area (Å²) in [5.41, 5.74) is 4.18. The van der Waals surface area contributed by atoms with E-state index >= 15 is 0 Å². The Bertz CT molecular complexity index is 1390. The molecule has 6 heterocycles. The van der Waals surface area contributed by atoms with E-state index < -0.39 is 0 Å². The van der Waals surface area contributed by atoms with Crippen LogP contribution in [0.1, 0.15) is 40.6 Å². The molecule has 6 rings (SSSR count). The zero-order valence-electron chi connectivity index (χ0n) is 21.0. The van der Waals surface area contributed by atoms with Gasteiger partial charge in [0.05, 0.1) is 21.3 Å². The third-order valence-electron chi connectivity index (χ3n) is 6.16. The molecule has 10 heteroatoms. The first-order valence-corrected chi connectivity index (χ1v) is 13.6.